The highest BCUT2D eigenvalue weighted by Gasteiger charge is 2.52. The average Bonchev–Trinajstić information content (AvgIpc) is 3.42. The van der Waals surface area contributed by atoms with Gasteiger partial charge in [-0.1, -0.05) is 0 Å². The molecule has 1 aromatic heterocycles. The van der Waals surface area contributed by atoms with Gasteiger partial charge in [-0.15, -0.1) is 0 Å². The molecule has 2 heterocycles. The number of amides is 1. The van der Waals surface area contributed by atoms with Gasteiger partial charge in [0.1, 0.15) is 0 Å². The number of piperidine rings is 1. The smallest absolute Gasteiger partial charge is 0.338 e. The van der Waals surface area contributed by atoms with Crippen LogP contribution in [0.15, 0.2) is 12.4 Å². The van der Waals surface area contributed by atoms with Crippen LogP contribution in [0.5, 0.6) is 0 Å². The molecule has 6 nitrogen and oxygen atoms in total. The Kier molecular flexibility index (Phi) is 3.20. The van der Waals surface area contributed by atoms with Crippen LogP contribution in [0.25, 0.3) is 0 Å². The van der Waals surface area contributed by atoms with E-state index in [0.717, 1.165) is 31.7 Å². The van der Waals surface area contributed by atoms with Crippen molar-refractivity contribution in [2.24, 2.45) is 17.8 Å². The minimum Gasteiger partial charge on any atom is -0.478 e. The summed E-state index contributed by atoms with van der Waals surface area (Å²) < 4.78 is 1.72. The van der Waals surface area contributed by atoms with Gasteiger partial charge in [0.2, 0.25) is 5.91 Å². The van der Waals surface area contributed by atoms with Crippen LogP contribution >= 0.6 is 0 Å². The summed E-state index contributed by atoms with van der Waals surface area (Å²) in [4.78, 5) is 25.5. The van der Waals surface area contributed by atoms with Gasteiger partial charge < -0.3 is 10.0 Å². The molecule has 0 aromatic carbocycles. The first-order valence-electron chi connectivity index (χ1n) is 8.19. The highest BCUT2D eigenvalue weighted by atomic mass is 16.4. The van der Waals surface area contributed by atoms with Crippen molar-refractivity contribution in [2.75, 3.05) is 13.1 Å². The van der Waals surface area contributed by atoms with Gasteiger partial charge in [0.15, 0.2) is 0 Å². The number of aromatic nitrogens is 2. The highest BCUT2D eigenvalue weighted by Crippen LogP contribution is 2.55. The number of carbonyl (C=O) groups is 2. The molecular weight excluding hydrogens is 282 g/mol. The molecule has 0 bridgehead atoms. The molecule has 2 saturated carbocycles. The number of likely N-dealkylation sites (tertiary alicyclic amines) is 1. The number of aromatic carboxylic acids is 1. The van der Waals surface area contributed by atoms with Gasteiger partial charge in [0, 0.05) is 25.2 Å². The maximum atomic E-state index is 12.6. The molecule has 3 aliphatic rings. The molecule has 0 radical (unpaired) electrons. The van der Waals surface area contributed by atoms with Crippen molar-refractivity contribution in [2.45, 2.75) is 38.1 Å². The van der Waals surface area contributed by atoms with Crippen molar-refractivity contribution in [3.05, 3.63) is 18.0 Å². The topological polar surface area (TPSA) is 75.4 Å². The highest BCUT2D eigenvalue weighted by molar-refractivity contribution is 5.86. The molecule has 1 saturated heterocycles. The largest absolute Gasteiger partial charge is 0.478 e. The third kappa shape index (κ3) is 2.51. The Morgan fingerprint density at radius 3 is 2.77 bits per heavy atom. The second-order valence-corrected chi connectivity index (χ2v) is 6.94. The Hall–Kier alpha value is -1.85. The molecule has 2 aliphatic carbocycles. The SMILES string of the molecule is O=C(O)c1cnn([C@@H]2CCCN(C(=O)[C@H]3C[C@H]3C3CC3)C2)c1. The third-order valence-corrected chi connectivity index (χ3v) is 5.32. The van der Waals surface area contributed by atoms with E-state index in [0.29, 0.717) is 18.4 Å². The fourth-order valence-corrected chi connectivity index (χ4v) is 3.80. The number of carboxylic acids is 1. The van der Waals surface area contributed by atoms with Crippen LogP contribution in [-0.4, -0.2) is 44.8 Å². The van der Waals surface area contributed by atoms with Crippen molar-refractivity contribution < 1.29 is 14.7 Å². The molecule has 4 rings (SSSR count). The number of carbonyl (C=O) groups excluding carboxylic acids is 1. The van der Waals surface area contributed by atoms with E-state index in [4.69, 9.17) is 5.11 Å². The predicted octanol–water partition coefficient (Wildman–Crippen LogP) is 1.79. The number of carboxylic acid groups (broad SMARTS) is 1. The van der Waals surface area contributed by atoms with E-state index in [2.05, 4.69) is 5.10 Å². The molecule has 0 spiro atoms. The zero-order valence-corrected chi connectivity index (χ0v) is 12.5. The molecule has 3 fully saturated rings. The van der Waals surface area contributed by atoms with E-state index in [1.165, 1.54) is 19.0 Å². The van der Waals surface area contributed by atoms with Crippen LogP contribution in [0.1, 0.15) is 48.5 Å². The summed E-state index contributed by atoms with van der Waals surface area (Å²) in [5, 5.41) is 13.2. The lowest BCUT2D eigenvalue weighted by Gasteiger charge is -2.33. The van der Waals surface area contributed by atoms with Gasteiger partial charge in [0.25, 0.3) is 0 Å². The Labute approximate surface area is 129 Å². The predicted molar refractivity (Wildman–Crippen MR) is 78.4 cm³/mol. The summed E-state index contributed by atoms with van der Waals surface area (Å²) in [5.41, 5.74) is 0.208. The summed E-state index contributed by atoms with van der Waals surface area (Å²) >= 11 is 0. The van der Waals surface area contributed by atoms with E-state index < -0.39 is 5.97 Å². The van der Waals surface area contributed by atoms with Crippen molar-refractivity contribution in [3.8, 4) is 0 Å². The minimum absolute atomic E-state index is 0.101. The van der Waals surface area contributed by atoms with Crippen LogP contribution in [0.4, 0.5) is 0 Å². The number of hydrogen-bond donors (Lipinski definition) is 1. The van der Waals surface area contributed by atoms with E-state index >= 15 is 0 Å². The second-order valence-electron chi connectivity index (χ2n) is 6.94. The first kappa shape index (κ1) is 13.8. The van der Waals surface area contributed by atoms with Crippen molar-refractivity contribution in [1.82, 2.24) is 14.7 Å². The van der Waals surface area contributed by atoms with Gasteiger partial charge in [-0.25, -0.2) is 4.79 Å². The average molecular weight is 303 g/mol. The molecule has 22 heavy (non-hydrogen) atoms. The molecule has 1 amide bonds. The molecule has 1 N–H and O–H groups in total. The van der Waals surface area contributed by atoms with E-state index in [1.807, 2.05) is 4.90 Å². The van der Waals surface area contributed by atoms with Crippen LogP contribution in [-0.2, 0) is 4.79 Å². The summed E-state index contributed by atoms with van der Waals surface area (Å²) in [6.45, 7) is 1.49. The monoisotopic (exact) mass is 303 g/mol. The van der Waals surface area contributed by atoms with E-state index in [9.17, 15) is 9.59 Å². The lowest BCUT2D eigenvalue weighted by Crippen LogP contribution is -2.41. The summed E-state index contributed by atoms with van der Waals surface area (Å²) in [7, 11) is 0. The van der Waals surface area contributed by atoms with Crippen LogP contribution in [0.3, 0.4) is 0 Å². The lowest BCUT2D eigenvalue weighted by molar-refractivity contribution is -0.134. The molecule has 118 valence electrons. The number of rotatable bonds is 4. The first-order chi connectivity index (χ1) is 10.6. The molecule has 6 heteroatoms. The molecule has 1 aliphatic heterocycles. The molecule has 3 atom stereocenters. The summed E-state index contributed by atoms with van der Waals surface area (Å²) in [6, 6.07) is 0.101. The van der Waals surface area contributed by atoms with Crippen LogP contribution < -0.4 is 0 Å². The van der Waals surface area contributed by atoms with E-state index in [1.54, 1.807) is 10.9 Å². The van der Waals surface area contributed by atoms with Gasteiger partial charge in [-0.05, 0) is 43.9 Å². The maximum Gasteiger partial charge on any atom is 0.338 e. The lowest BCUT2D eigenvalue weighted by atomic mass is 10.0. The second kappa shape index (κ2) is 5.11. The molecular formula is C16H21N3O3. The third-order valence-electron chi connectivity index (χ3n) is 5.32. The van der Waals surface area contributed by atoms with Gasteiger partial charge in [0.05, 0.1) is 17.8 Å². The minimum atomic E-state index is -0.958. The normalized spacial score (nSPS) is 31.1. The zero-order chi connectivity index (χ0) is 15.3. The number of hydrogen-bond acceptors (Lipinski definition) is 3. The van der Waals surface area contributed by atoms with Crippen LogP contribution in [0, 0.1) is 17.8 Å². The fraction of sp³-hybridized carbons (Fsp3) is 0.688. The fourth-order valence-electron chi connectivity index (χ4n) is 3.80. The molecule has 0 unspecified atom stereocenters. The zero-order valence-electron chi connectivity index (χ0n) is 12.5. The number of nitrogens with zero attached hydrogens (tertiary/aromatic N) is 3. The van der Waals surface area contributed by atoms with Gasteiger partial charge in [-0.3, -0.25) is 9.48 Å². The first-order valence-corrected chi connectivity index (χ1v) is 8.19. The Bertz CT molecular complexity index is 608. The van der Waals surface area contributed by atoms with E-state index in [-0.39, 0.29) is 17.5 Å². The maximum absolute atomic E-state index is 12.6. The Morgan fingerprint density at radius 2 is 2.09 bits per heavy atom. The summed E-state index contributed by atoms with van der Waals surface area (Å²) in [6.07, 6.45) is 8.55. The van der Waals surface area contributed by atoms with Crippen molar-refractivity contribution in [3.63, 3.8) is 0 Å². The quantitative estimate of drug-likeness (QED) is 0.920. The van der Waals surface area contributed by atoms with Gasteiger partial charge in [-0.2, -0.15) is 5.10 Å². The van der Waals surface area contributed by atoms with Gasteiger partial charge >= 0.3 is 5.97 Å². The van der Waals surface area contributed by atoms with Crippen LogP contribution in [0.2, 0.25) is 0 Å². The van der Waals surface area contributed by atoms with Crippen molar-refractivity contribution >= 4 is 11.9 Å². The Morgan fingerprint density at radius 1 is 1.27 bits per heavy atom. The molecule has 1 aromatic rings. The Balaban J connectivity index is 1.40. The van der Waals surface area contributed by atoms with Crippen molar-refractivity contribution in [1.29, 1.82) is 0 Å². The summed E-state index contributed by atoms with van der Waals surface area (Å²) in [5.74, 6) is 1.08. The standard InChI is InChI=1S/C16H21N3O3/c20-15(14-6-13(14)10-3-4-10)18-5-1-2-12(9-18)19-8-11(7-17-19)16(21)22/h7-8,10,12-14H,1-6,9H2,(H,21,22)/t12-,13+,14+/m1/s1.